The number of amides is 3. The molecule has 0 saturated carbocycles. The molecule has 0 saturated heterocycles. The largest absolute Gasteiger partial charge is 0.479 e. The maximum Gasteiger partial charge on any atom is 0.336 e. The summed E-state index contributed by atoms with van der Waals surface area (Å²) in [5.41, 5.74) is 0.862. The fraction of sp³-hybridized carbons (Fsp3) is 0.100. The molecule has 0 fully saturated rings. The summed E-state index contributed by atoms with van der Waals surface area (Å²) in [7, 11) is 1.29. The van der Waals surface area contributed by atoms with Crippen LogP contribution in [0.4, 0.5) is 16.2 Å². The molecule has 3 amide bonds. The molecule has 158 valence electrons. The molecule has 2 aromatic carbocycles. The topological polar surface area (TPSA) is 165 Å². The van der Waals surface area contributed by atoms with E-state index < -0.39 is 35.7 Å². The second-order valence-corrected chi connectivity index (χ2v) is 6.47. The zero-order valence-corrected chi connectivity index (χ0v) is 16.0. The molecule has 11 nitrogen and oxygen atoms in total. The number of carboxylic acids is 2. The van der Waals surface area contributed by atoms with Gasteiger partial charge in [0.1, 0.15) is 5.84 Å². The first-order chi connectivity index (χ1) is 14.7. The maximum atomic E-state index is 12.3. The molecule has 11 heteroatoms. The standard InChI is InChI=1S/C20H16N4O7/c1-24-16(23-14(19(29)30)15(25)17(24)26)10-4-2-6-12(8-10)21-20(31)22-13-7-3-5-11(9-13)18(27)28/h2-9,14H,1H3,(H,27,28)(H,29,30)(H2,21,22,31). The fourth-order valence-electron chi connectivity index (χ4n) is 2.84. The molecule has 1 unspecified atom stereocenters. The molecule has 1 aliphatic rings. The van der Waals surface area contributed by atoms with E-state index in [1.807, 2.05) is 0 Å². The molecule has 31 heavy (non-hydrogen) atoms. The van der Waals surface area contributed by atoms with Gasteiger partial charge < -0.3 is 20.8 Å². The van der Waals surface area contributed by atoms with Gasteiger partial charge in [-0.1, -0.05) is 18.2 Å². The van der Waals surface area contributed by atoms with Crippen molar-refractivity contribution < 1.29 is 34.2 Å². The number of carbonyl (C=O) groups is 5. The van der Waals surface area contributed by atoms with Gasteiger partial charge in [0.15, 0.2) is 0 Å². The first-order valence-corrected chi connectivity index (χ1v) is 8.81. The monoisotopic (exact) mass is 424 g/mol. The van der Waals surface area contributed by atoms with Gasteiger partial charge in [0.05, 0.1) is 5.56 Å². The summed E-state index contributed by atoms with van der Waals surface area (Å²) in [6.07, 6.45) is 0. The first kappa shape index (κ1) is 21.2. The van der Waals surface area contributed by atoms with Crippen LogP contribution in [0, 0.1) is 0 Å². The van der Waals surface area contributed by atoms with Crippen molar-refractivity contribution in [2.24, 2.45) is 4.99 Å². The quantitative estimate of drug-likeness (QED) is 0.414. The second-order valence-electron chi connectivity index (χ2n) is 6.47. The summed E-state index contributed by atoms with van der Waals surface area (Å²) in [6.45, 7) is 0. The Kier molecular flexibility index (Phi) is 5.77. The SMILES string of the molecule is CN1C(=O)C(=O)C(C(=O)O)N=C1c1cccc(NC(=O)Nc2cccc(C(=O)O)c2)c1. The smallest absolute Gasteiger partial charge is 0.336 e. The van der Waals surface area contributed by atoms with E-state index in [4.69, 9.17) is 10.2 Å². The normalized spacial score (nSPS) is 15.8. The van der Waals surface area contributed by atoms with Crippen molar-refractivity contribution in [3.05, 3.63) is 59.7 Å². The van der Waals surface area contributed by atoms with Crippen LogP contribution in [0.25, 0.3) is 0 Å². The zero-order chi connectivity index (χ0) is 22.7. The van der Waals surface area contributed by atoms with Crippen LogP contribution in [-0.4, -0.2) is 63.7 Å². The van der Waals surface area contributed by atoms with Gasteiger partial charge in [-0.25, -0.2) is 19.4 Å². The van der Waals surface area contributed by atoms with E-state index in [1.54, 1.807) is 12.1 Å². The molecule has 0 radical (unpaired) electrons. The number of hydrogen-bond donors (Lipinski definition) is 4. The first-order valence-electron chi connectivity index (χ1n) is 8.81. The van der Waals surface area contributed by atoms with E-state index in [0.29, 0.717) is 5.56 Å². The highest BCUT2D eigenvalue weighted by Crippen LogP contribution is 2.18. The van der Waals surface area contributed by atoms with Gasteiger partial charge in [0, 0.05) is 24.0 Å². The second kappa shape index (κ2) is 8.45. The van der Waals surface area contributed by atoms with Crippen molar-refractivity contribution in [1.82, 2.24) is 4.90 Å². The minimum absolute atomic E-state index is 0.00495. The molecule has 0 aliphatic carbocycles. The lowest BCUT2D eigenvalue weighted by Crippen LogP contribution is -2.50. The predicted octanol–water partition coefficient (Wildman–Crippen LogP) is 1.27. The Balaban J connectivity index is 1.81. The van der Waals surface area contributed by atoms with E-state index in [2.05, 4.69) is 15.6 Å². The summed E-state index contributed by atoms with van der Waals surface area (Å²) in [4.78, 5) is 63.2. The summed E-state index contributed by atoms with van der Waals surface area (Å²) >= 11 is 0. The van der Waals surface area contributed by atoms with Crippen LogP contribution in [-0.2, 0) is 14.4 Å². The third-order valence-electron chi connectivity index (χ3n) is 4.31. The highest BCUT2D eigenvalue weighted by atomic mass is 16.4. The number of carboxylic acid groups (broad SMARTS) is 2. The lowest BCUT2D eigenvalue weighted by Gasteiger charge is -2.25. The number of aromatic carboxylic acids is 1. The number of nitrogens with one attached hydrogen (secondary N) is 2. The number of nitrogens with zero attached hydrogens (tertiary/aromatic N) is 2. The van der Waals surface area contributed by atoms with Gasteiger partial charge in [-0.05, 0) is 30.3 Å². The number of anilines is 2. The Bertz CT molecular complexity index is 1140. The Labute approximate surface area is 175 Å². The van der Waals surface area contributed by atoms with Crippen LogP contribution in [0.2, 0.25) is 0 Å². The van der Waals surface area contributed by atoms with E-state index in [9.17, 15) is 24.0 Å². The molecular weight excluding hydrogens is 408 g/mol. The van der Waals surface area contributed by atoms with Gasteiger partial charge in [0.2, 0.25) is 6.04 Å². The minimum Gasteiger partial charge on any atom is -0.479 e. The molecule has 0 aromatic heterocycles. The number of carbonyl (C=O) groups excluding carboxylic acids is 3. The number of Topliss-reactive ketones (excluding diaryl/α,β-unsaturated/α-hetero) is 1. The third-order valence-corrected chi connectivity index (χ3v) is 4.31. The van der Waals surface area contributed by atoms with Crippen molar-refractivity contribution in [3.8, 4) is 0 Å². The van der Waals surface area contributed by atoms with Crippen LogP contribution in [0.15, 0.2) is 53.5 Å². The average molecular weight is 424 g/mol. The number of benzene rings is 2. The van der Waals surface area contributed by atoms with Crippen LogP contribution in [0.3, 0.4) is 0 Å². The fourth-order valence-corrected chi connectivity index (χ4v) is 2.84. The number of aliphatic carboxylic acids is 1. The summed E-state index contributed by atoms with van der Waals surface area (Å²) in [5.74, 6) is -4.86. The van der Waals surface area contributed by atoms with Crippen molar-refractivity contribution in [1.29, 1.82) is 0 Å². The number of hydrogen-bond acceptors (Lipinski definition) is 6. The average Bonchev–Trinajstić information content (AvgIpc) is 2.72. The highest BCUT2D eigenvalue weighted by molar-refractivity contribution is 6.46. The molecule has 0 spiro atoms. The molecule has 1 aliphatic heterocycles. The number of likely N-dealkylation sites (N-methyl/N-ethyl adjacent to an activating group) is 1. The van der Waals surface area contributed by atoms with Crippen molar-refractivity contribution >= 4 is 46.9 Å². The number of aliphatic imine (C=N–C) groups is 1. The molecular formula is C20H16N4O7. The summed E-state index contributed by atoms with van der Waals surface area (Å²) < 4.78 is 0. The molecule has 0 bridgehead atoms. The number of urea groups is 1. The summed E-state index contributed by atoms with van der Waals surface area (Å²) in [6, 6.07) is 9.25. The Morgan fingerprint density at radius 2 is 1.58 bits per heavy atom. The molecule has 1 atom stereocenters. The van der Waals surface area contributed by atoms with Crippen LogP contribution in [0.5, 0.6) is 0 Å². The van der Waals surface area contributed by atoms with E-state index in [0.717, 1.165) is 4.90 Å². The number of ketones is 1. The van der Waals surface area contributed by atoms with E-state index in [1.165, 1.54) is 43.4 Å². The molecule has 3 rings (SSSR count). The Morgan fingerprint density at radius 1 is 0.968 bits per heavy atom. The Hall–Kier alpha value is -4.54. The van der Waals surface area contributed by atoms with Crippen LogP contribution >= 0.6 is 0 Å². The lowest BCUT2D eigenvalue weighted by molar-refractivity contribution is -0.149. The van der Waals surface area contributed by atoms with Gasteiger partial charge >= 0.3 is 18.0 Å². The molecule has 2 aromatic rings. The van der Waals surface area contributed by atoms with Crippen molar-refractivity contribution in [3.63, 3.8) is 0 Å². The van der Waals surface area contributed by atoms with E-state index in [-0.39, 0.29) is 22.8 Å². The van der Waals surface area contributed by atoms with Gasteiger partial charge in [-0.15, -0.1) is 0 Å². The predicted molar refractivity (Wildman–Crippen MR) is 108 cm³/mol. The third kappa shape index (κ3) is 4.56. The van der Waals surface area contributed by atoms with Gasteiger partial charge in [-0.3, -0.25) is 14.5 Å². The van der Waals surface area contributed by atoms with Gasteiger partial charge in [-0.2, -0.15) is 0 Å². The van der Waals surface area contributed by atoms with Crippen LogP contribution in [0.1, 0.15) is 15.9 Å². The Morgan fingerprint density at radius 3 is 2.19 bits per heavy atom. The van der Waals surface area contributed by atoms with Crippen molar-refractivity contribution in [2.45, 2.75) is 6.04 Å². The molecule has 4 N–H and O–H groups in total. The van der Waals surface area contributed by atoms with Crippen molar-refractivity contribution in [2.75, 3.05) is 17.7 Å². The lowest BCUT2D eigenvalue weighted by atomic mass is 10.1. The zero-order valence-electron chi connectivity index (χ0n) is 16.0. The minimum atomic E-state index is -1.83. The number of rotatable bonds is 5. The summed E-state index contributed by atoms with van der Waals surface area (Å²) in [5, 5.41) is 23.2. The molecule has 1 heterocycles. The maximum absolute atomic E-state index is 12.3. The van der Waals surface area contributed by atoms with E-state index >= 15 is 0 Å². The van der Waals surface area contributed by atoms with Crippen LogP contribution < -0.4 is 10.6 Å². The van der Waals surface area contributed by atoms with Gasteiger partial charge in [0.25, 0.3) is 11.7 Å². The highest BCUT2D eigenvalue weighted by Gasteiger charge is 2.39. The number of amidine groups is 1.